The Hall–Kier alpha value is -2.21. The van der Waals surface area contributed by atoms with Gasteiger partial charge in [0.05, 0.1) is 17.1 Å². The van der Waals surface area contributed by atoms with Crippen molar-refractivity contribution in [1.29, 1.82) is 0 Å². The molecule has 102 valence electrons. The van der Waals surface area contributed by atoms with Gasteiger partial charge in [0, 0.05) is 16.8 Å². The first-order chi connectivity index (χ1) is 9.74. The van der Waals surface area contributed by atoms with Gasteiger partial charge in [0.25, 0.3) is 5.89 Å². The van der Waals surface area contributed by atoms with Crippen molar-refractivity contribution in [2.45, 2.75) is 19.9 Å². The molecule has 2 heterocycles. The highest BCUT2D eigenvalue weighted by Crippen LogP contribution is 2.30. The van der Waals surface area contributed by atoms with Gasteiger partial charge in [-0.25, -0.2) is 0 Å². The fourth-order valence-electron chi connectivity index (χ4n) is 1.95. The fourth-order valence-corrected chi connectivity index (χ4v) is 2.57. The van der Waals surface area contributed by atoms with Gasteiger partial charge in [0.2, 0.25) is 0 Å². The molecule has 0 radical (unpaired) electrons. The Morgan fingerprint density at radius 1 is 1.30 bits per heavy atom. The topological polar surface area (TPSA) is 63.8 Å². The molecular weight excluding hydrogens is 272 g/mol. The Balaban J connectivity index is 1.90. The highest BCUT2D eigenvalue weighted by Gasteiger charge is 2.14. The molecule has 6 heteroatoms. The summed E-state index contributed by atoms with van der Waals surface area (Å²) in [5.41, 5.74) is 3.71. The monoisotopic (exact) mass is 286 g/mol. The smallest absolute Gasteiger partial charge is 0.260 e. The van der Waals surface area contributed by atoms with Gasteiger partial charge in [-0.05, 0) is 26.0 Å². The molecule has 0 amide bonds. The zero-order valence-corrected chi connectivity index (χ0v) is 12.0. The van der Waals surface area contributed by atoms with E-state index >= 15 is 0 Å². The molecule has 0 aliphatic heterocycles. The number of nitrogens with zero attached hydrogens (tertiary/aromatic N) is 3. The van der Waals surface area contributed by atoms with E-state index in [1.54, 1.807) is 11.3 Å². The van der Waals surface area contributed by atoms with Crippen LogP contribution in [0.15, 0.2) is 40.5 Å². The van der Waals surface area contributed by atoms with Crippen molar-refractivity contribution in [3.8, 4) is 11.5 Å². The van der Waals surface area contributed by atoms with Crippen LogP contribution in [0.3, 0.4) is 0 Å². The first-order valence-corrected chi connectivity index (χ1v) is 7.16. The lowest BCUT2D eigenvalue weighted by Crippen LogP contribution is -2.06. The highest BCUT2D eigenvalue weighted by molar-refractivity contribution is 7.09. The highest BCUT2D eigenvalue weighted by atomic mass is 32.1. The number of benzene rings is 1. The van der Waals surface area contributed by atoms with Gasteiger partial charge < -0.3 is 9.84 Å². The van der Waals surface area contributed by atoms with Gasteiger partial charge in [-0.3, -0.25) is 4.98 Å². The normalized spacial score (nSPS) is 12.3. The zero-order valence-electron chi connectivity index (χ0n) is 11.2. The van der Waals surface area contributed by atoms with Crippen molar-refractivity contribution < 1.29 is 4.52 Å². The summed E-state index contributed by atoms with van der Waals surface area (Å²) in [6.07, 6.45) is 1.88. The van der Waals surface area contributed by atoms with Crippen LogP contribution in [0.4, 0.5) is 5.69 Å². The van der Waals surface area contributed by atoms with E-state index < -0.39 is 0 Å². The lowest BCUT2D eigenvalue weighted by molar-refractivity contribution is 0.425. The Kier molecular flexibility index (Phi) is 3.47. The van der Waals surface area contributed by atoms with Crippen LogP contribution in [0, 0.1) is 6.92 Å². The van der Waals surface area contributed by atoms with Crippen LogP contribution in [0.1, 0.15) is 23.7 Å². The van der Waals surface area contributed by atoms with Crippen LogP contribution in [0.2, 0.25) is 0 Å². The molecule has 0 spiro atoms. The predicted octanol–water partition coefficient (Wildman–Crippen LogP) is 3.67. The molecule has 5 nitrogen and oxygen atoms in total. The van der Waals surface area contributed by atoms with Crippen molar-refractivity contribution in [3.63, 3.8) is 0 Å². The van der Waals surface area contributed by atoms with Crippen LogP contribution >= 0.6 is 11.3 Å². The number of para-hydroxylation sites is 1. The predicted molar refractivity (Wildman–Crippen MR) is 78.6 cm³/mol. The SMILES string of the molecule is Cc1noc(-c2ccccc2NC(C)c2cncs2)n1. The first kappa shape index (κ1) is 12.8. The van der Waals surface area contributed by atoms with Crippen molar-refractivity contribution in [3.05, 3.63) is 46.7 Å². The number of nitrogens with one attached hydrogen (secondary N) is 1. The number of hydrogen-bond acceptors (Lipinski definition) is 6. The van der Waals surface area contributed by atoms with E-state index in [4.69, 9.17) is 4.52 Å². The van der Waals surface area contributed by atoms with Gasteiger partial charge in [-0.15, -0.1) is 11.3 Å². The van der Waals surface area contributed by atoms with E-state index in [-0.39, 0.29) is 6.04 Å². The number of anilines is 1. The molecule has 0 aliphatic rings. The largest absolute Gasteiger partial charge is 0.377 e. The van der Waals surface area contributed by atoms with Gasteiger partial charge in [-0.1, -0.05) is 17.3 Å². The second kappa shape index (κ2) is 5.42. The van der Waals surface area contributed by atoms with Gasteiger partial charge in [0.15, 0.2) is 5.82 Å². The third-order valence-electron chi connectivity index (χ3n) is 2.94. The number of aryl methyl sites for hydroxylation is 1. The molecule has 0 bridgehead atoms. The molecule has 0 saturated heterocycles. The standard InChI is InChI=1S/C14H14N4OS/c1-9(13-7-15-8-20-13)16-12-6-4-3-5-11(12)14-17-10(2)18-19-14/h3-9,16H,1-2H3. The third-order valence-corrected chi connectivity index (χ3v) is 3.89. The molecule has 1 aromatic carbocycles. The van der Waals surface area contributed by atoms with Crippen molar-refractivity contribution in [2.24, 2.45) is 0 Å². The van der Waals surface area contributed by atoms with E-state index in [9.17, 15) is 0 Å². The molecular formula is C14H14N4OS. The second-order valence-corrected chi connectivity index (χ2v) is 5.38. The fraction of sp³-hybridized carbons (Fsp3) is 0.214. The van der Waals surface area contributed by atoms with Crippen molar-refractivity contribution in [1.82, 2.24) is 15.1 Å². The van der Waals surface area contributed by atoms with E-state index in [0.717, 1.165) is 11.3 Å². The second-order valence-electron chi connectivity index (χ2n) is 4.46. The van der Waals surface area contributed by atoms with Gasteiger partial charge in [0.1, 0.15) is 0 Å². The van der Waals surface area contributed by atoms with E-state index in [1.807, 2.05) is 42.9 Å². The first-order valence-electron chi connectivity index (χ1n) is 6.28. The van der Waals surface area contributed by atoms with Gasteiger partial charge >= 0.3 is 0 Å². The molecule has 20 heavy (non-hydrogen) atoms. The summed E-state index contributed by atoms with van der Waals surface area (Å²) in [4.78, 5) is 9.57. The molecule has 0 fully saturated rings. The maximum absolute atomic E-state index is 5.25. The zero-order chi connectivity index (χ0) is 13.9. The van der Waals surface area contributed by atoms with Crippen molar-refractivity contribution >= 4 is 17.0 Å². The van der Waals surface area contributed by atoms with Gasteiger partial charge in [-0.2, -0.15) is 4.98 Å². The summed E-state index contributed by atoms with van der Waals surface area (Å²) in [5.74, 6) is 1.16. The lowest BCUT2D eigenvalue weighted by Gasteiger charge is -2.15. The maximum atomic E-state index is 5.25. The van der Waals surface area contributed by atoms with Crippen LogP contribution < -0.4 is 5.32 Å². The van der Waals surface area contributed by atoms with E-state index in [2.05, 4.69) is 27.4 Å². The summed E-state index contributed by atoms with van der Waals surface area (Å²) in [5, 5.41) is 7.30. The molecule has 1 unspecified atom stereocenters. The molecule has 0 saturated carbocycles. The molecule has 1 atom stereocenters. The van der Waals surface area contributed by atoms with Crippen LogP contribution in [-0.4, -0.2) is 15.1 Å². The molecule has 2 aromatic heterocycles. The van der Waals surface area contributed by atoms with Crippen LogP contribution in [-0.2, 0) is 0 Å². The molecule has 3 rings (SSSR count). The minimum Gasteiger partial charge on any atom is -0.377 e. The minimum absolute atomic E-state index is 0.174. The molecule has 0 aliphatic carbocycles. The Bertz CT molecular complexity index is 693. The van der Waals surface area contributed by atoms with Crippen molar-refractivity contribution in [2.75, 3.05) is 5.32 Å². The number of hydrogen-bond donors (Lipinski definition) is 1. The molecule has 3 aromatic rings. The quantitative estimate of drug-likeness (QED) is 0.792. The average molecular weight is 286 g/mol. The van der Waals surface area contributed by atoms with Crippen LogP contribution in [0.25, 0.3) is 11.5 Å². The lowest BCUT2D eigenvalue weighted by atomic mass is 10.1. The van der Waals surface area contributed by atoms with E-state index in [0.29, 0.717) is 11.7 Å². The number of rotatable bonds is 4. The minimum atomic E-state index is 0.174. The number of thiazole rings is 1. The Morgan fingerprint density at radius 2 is 2.15 bits per heavy atom. The van der Waals surface area contributed by atoms with E-state index in [1.165, 1.54) is 4.88 Å². The summed E-state index contributed by atoms with van der Waals surface area (Å²) in [7, 11) is 0. The average Bonchev–Trinajstić information content (AvgIpc) is 3.10. The summed E-state index contributed by atoms with van der Waals surface area (Å²) in [6.45, 7) is 3.91. The summed E-state index contributed by atoms with van der Waals surface area (Å²) < 4.78 is 5.25. The summed E-state index contributed by atoms with van der Waals surface area (Å²) in [6, 6.07) is 8.08. The van der Waals surface area contributed by atoms with Crippen LogP contribution in [0.5, 0.6) is 0 Å². The number of aromatic nitrogens is 3. The third kappa shape index (κ3) is 2.55. The maximum Gasteiger partial charge on any atom is 0.260 e. The summed E-state index contributed by atoms with van der Waals surface area (Å²) >= 11 is 1.63. The molecule has 1 N–H and O–H groups in total. The Labute approximate surface area is 120 Å². The Morgan fingerprint density at radius 3 is 2.85 bits per heavy atom.